The molecule has 0 aliphatic carbocycles. The number of hydrogen-bond donors (Lipinski definition) is 1. The molecule has 1 aromatic heterocycles. The zero-order valence-corrected chi connectivity index (χ0v) is 10.5. The van der Waals surface area contributed by atoms with E-state index in [0.717, 1.165) is 24.6 Å². The van der Waals surface area contributed by atoms with E-state index in [1.54, 1.807) is 0 Å². The molecule has 1 heterocycles. The van der Waals surface area contributed by atoms with Crippen LogP contribution >= 0.6 is 0 Å². The van der Waals surface area contributed by atoms with Gasteiger partial charge in [0, 0.05) is 19.0 Å². The fourth-order valence-electron chi connectivity index (χ4n) is 1.25. The lowest BCUT2D eigenvalue weighted by atomic mass is 10.2. The highest BCUT2D eigenvalue weighted by Crippen LogP contribution is 2.29. The van der Waals surface area contributed by atoms with E-state index in [1.807, 2.05) is 0 Å². The van der Waals surface area contributed by atoms with Crippen molar-refractivity contribution in [2.24, 2.45) is 0 Å². The number of sulfone groups is 1. The van der Waals surface area contributed by atoms with Crippen molar-refractivity contribution in [3.05, 3.63) is 23.9 Å². The smallest absolute Gasteiger partial charge is 0.370 e. The molecule has 0 aromatic carbocycles. The van der Waals surface area contributed by atoms with E-state index in [4.69, 9.17) is 0 Å². The van der Waals surface area contributed by atoms with Crippen molar-refractivity contribution in [2.75, 3.05) is 23.9 Å². The van der Waals surface area contributed by atoms with E-state index >= 15 is 0 Å². The van der Waals surface area contributed by atoms with Gasteiger partial charge in [-0.05, 0) is 18.6 Å². The zero-order chi connectivity index (χ0) is 13.8. The summed E-state index contributed by atoms with van der Waals surface area (Å²) in [6, 6.07) is 1.77. The van der Waals surface area contributed by atoms with E-state index in [0.29, 0.717) is 6.42 Å². The summed E-state index contributed by atoms with van der Waals surface area (Å²) in [4.78, 5) is 3.73. The maximum Gasteiger partial charge on any atom is 0.416 e. The minimum atomic E-state index is -4.41. The first kappa shape index (κ1) is 14.7. The second-order valence-corrected chi connectivity index (χ2v) is 6.10. The Morgan fingerprint density at radius 1 is 1.39 bits per heavy atom. The Morgan fingerprint density at radius 3 is 2.61 bits per heavy atom. The highest BCUT2D eigenvalue weighted by molar-refractivity contribution is 7.90. The second-order valence-electron chi connectivity index (χ2n) is 3.84. The van der Waals surface area contributed by atoms with Crippen molar-refractivity contribution in [1.82, 2.24) is 4.98 Å². The minimum Gasteiger partial charge on any atom is -0.370 e. The summed E-state index contributed by atoms with van der Waals surface area (Å²) in [6.45, 7) is 0.251. The molecule has 0 aliphatic rings. The average molecular weight is 282 g/mol. The molecule has 0 radical (unpaired) electrons. The number of hydrogen-bond acceptors (Lipinski definition) is 4. The van der Waals surface area contributed by atoms with Crippen LogP contribution < -0.4 is 5.32 Å². The Morgan fingerprint density at radius 2 is 2.06 bits per heavy atom. The maximum absolute atomic E-state index is 12.4. The first-order valence-electron chi connectivity index (χ1n) is 5.13. The molecule has 0 spiro atoms. The van der Waals surface area contributed by atoms with Crippen LogP contribution in [0.25, 0.3) is 0 Å². The van der Waals surface area contributed by atoms with E-state index in [-0.39, 0.29) is 18.1 Å². The normalized spacial score (nSPS) is 12.4. The highest BCUT2D eigenvalue weighted by atomic mass is 32.2. The van der Waals surface area contributed by atoms with Crippen molar-refractivity contribution in [3.63, 3.8) is 0 Å². The third-order valence-electron chi connectivity index (χ3n) is 2.09. The van der Waals surface area contributed by atoms with E-state index in [2.05, 4.69) is 10.3 Å². The van der Waals surface area contributed by atoms with E-state index < -0.39 is 21.6 Å². The van der Waals surface area contributed by atoms with Gasteiger partial charge in [-0.2, -0.15) is 13.2 Å². The number of alkyl halides is 3. The van der Waals surface area contributed by atoms with Gasteiger partial charge in [0.05, 0.1) is 11.3 Å². The van der Waals surface area contributed by atoms with Gasteiger partial charge in [0.25, 0.3) is 0 Å². The largest absolute Gasteiger partial charge is 0.416 e. The van der Waals surface area contributed by atoms with Crippen molar-refractivity contribution < 1.29 is 21.6 Å². The summed E-state index contributed by atoms with van der Waals surface area (Å²) >= 11 is 0. The lowest BCUT2D eigenvalue weighted by Gasteiger charge is -2.09. The molecule has 0 bridgehead atoms. The number of rotatable bonds is 5. The maximum atomic E-state index is 12.4. The summed E-state index contributed by atoms with van der Waals surface area (Å²) in [5, 5.41) is 2.65. The Hall–Kier alpha value is -1.31. The van der Waals surface area contributed by atoms with Crippen LogP contribution in [0.4, 0.5) is 19.0 Å². The van der Waals surface area contributed by atoms with Gasteiger partial charge in [-0.25, -0.2) is 13.4 Å². The molecule has 18 heavy (non-hydrogen) atoms. The average Bonchev–Trinajstić information content (AvgIpc) is 2.22. The Balaban J connectivity index is 2.53. The molecule has 0 aliphatic heterocycles. The topological polar surface area (TPSA) is 59.1 Å². The molecular formula is C10H13F3N2O2S. The van der Waals surface area contributed by atoms with Crippen LogP contribution in [0.3, 0.4) is 0 Å². The molecule has 0 atom stereocenters. The van der Waals surface area contributed by atoms with Crippen LogP contribution in [0, 0.1) is 0 Å². The number of pyridine rings is 1. The molecule has 1 aromatic rings. The third-order valence-corrected chi connectivity index (χ3v) is 3.12. The first-order chi connectivity index (χ1) is 8.18. The van der Waals surface area contributed by atoms with Gasteiger partial charge >= 0.3 is 6.18 Å². The summed E-state index contributed by atoms with van der Waals surface area (Å²) in [6.07, 6.45) is -1.93. The van der Waals surface area contributed by atoms with Crippen LogP contribution in [0.5, 0.6) is 0 Å². The van der Waals surface area contributed by atoms with Crippen LogP contribution in [0.15, 0.2) is 18.3 Å². The molecule has 0 unspecified atom stereocenters. The van der Waals surface area contributed by atoms with Crippen LogP contribution in [-0.4, -0.2) is 32.0 Å². The van der Waals surface area contributed by atoms with Gasteiger partial charge in [0.15, 0.2) is 0 Å². The van der Waals surface area contributed by atoms with E-state index in [9.17, 15) is 21.6 Å². The van der Waals surface area contributed by atoms with Gasteiger partial charge in [-0.3, -0.25) is 0 Å². The van der Waals surface area contributed by atoms with Gasteiger partial charge < -0.3 is 5.32 Å². The Bertz CT molecular complexity index is 500. The molecule has 1 rings (SSSR count). The summed E-state index contributed by atoms with van der Waals surface area (Å²) in [5.74, 6) is 0.0669. The minimum absolute atomic E-state index is 0.0149. The molecule has 0 amide bonds. The van der Waals surface area contributed by atoms with Crippen molar-refractivity contribution in [3.8, 4) is 0 Å². The van der Waals surface area contributed by atoms with Gasteiger partial charge in [-0.15, -0.1) is 0 Å². The lowest BCUT2D eigenvalue weighted by molar-refractivity contribution is -0.137. The molecule has 1 N–H and O–H groups in total. The lowest BCUT2D eigenvalue weighted by Crippen LogP contribution is -2.11. The summed E-state index contributed by atoms with van der Waals surface area (Å²) < 4.78 is 58.8. The fraction of sp³-hybridized carbons (Fsp3) is 0.500. The standard InChI is InChI=1S/C10H13F3N2O2S/c1-18(16,17)6-2-4-14-9-7-8(3-5-15-9)10(11,12)13/h3,5,7H,2,4,6H2,1H3,(H,14,15). The third kappa shape index (κ3) is 5.35. The Labute approximate surface area is 103 Å². The predicted molar refractivity (Wildman–Crippen MR) is 62.1 cm³/mol. The van der Waals surface area contributed by atoms with Gasteiger partial charge in [0.1, 0.15) is 15.7 Å². The molecule has 102 valence electrons. The highest BCUT2D eigenvalue weighted by Gasteiger charge is 2.30. The number of nitrogens with zero attached hydrogens (tertiary/aromatic N) is 1. The molecular weight excluding hydrogens is 269 g/mol. The van der Waals surface area contributed by atoms with E-state index in [1.165, 1.54) is 0 Å². The number of halogens is 3. The van der Waals surface area contributed by atoms with Crippen molar-refractivity contribution in [1.29, 1.82) is 0 Å². The second kappa shape index (κ2) is 5.55. The fourth-order valence-corrected chi connectivity index (χ4v) is 1.92. The summed E-state index contributed by atoms with van der Waals surface area (Å²) in [7, 11) is -3.05. The van der Waals surface area contributed by atoms with Crippen LogP contribution in [0.2, 0.25) is 0 Å². The molecule has 4 nitrogen and oxygen atoms in total. The molecule has 0 fully saturated rings. The number of anilines is 1. The first-order valence-corrected chi connectivity index (χ1v) is 7.19. The molecule has 8 heteroatoms. The van der Waals surface area contributed by atoms with Crippen LogP contribution in [0.1, 0.15) is 12.0 Å². The number of aromatic nitrogens is 1. The van der Waals surface area contributed by atoms with Crippen molar-refractivity contribution in [2.45, 2.75) is 12.6 Å². The molecule has 0 saturated heterocycles. The molecule has 0 saturated carbocycles. The zero-order valence-electron chi connectivity index (χ0n) is 9.66. The summed E-state index contributed by atoms with van der Waals surface area (Å²) in [5.41, 5.74) is -0.789. The van der Waals surface area contributed by atoms with Crippen molar-refractivity contribution >= 4 is 15.7 Å². The predicted octanol–water partition coefficient (Wildman–Crippen LogP) is 1.95. The quantitative estimate of drug-likeness (QED) is 0.839. The SMILES string of the molecule is CS(=O)(=O)CCCNc1cc(C(F)(F)F)ccn1. The number of nitrogens with one attached hydrogen (secondary N) is 1. The monoisotopic (exact) mass is 282 g/mol. The van der Waals surface area contributed by atoms with Gasteiger partial charge in [0.2, 0.25) is 0 Å². The Kier molecular flexibility index (Phi) is 4.55. The van der Waals surface area contributed by atoms with Crippen LogP contribution in [-0.2, 0) is 16.0 Å². The van der Waals surface area contributed by atoms with Gasteiger partial charge in [-0.1, -0.05) is 0 Å².